The molecule has 2 aromatic heterocycles. The summed E-state index contributed by atoms with van der Waals surface area (Å²) in [5.41, 5.74) is 1.13. The van der Waals surface area contributed by atoms with Gasteiger partial charge in [0.2, 0.25) is 0 Å². The molecule has 40 heavy (non-hydrogen) atoms. The Balaban J connectivity index is 1.51. The van der Waals surface area contributed by atoms with Gasteiger partial charge in [0.15, 0.2) is 11.6 Å². The van der Waals surface area contributed by atoms with Gasteiger partial charge in [0.1, 0.15) is 18.0 Å². The van der Waals surface area contributed by atoms with Gasteiger partial charge in [-0.3, -0.25) is 0 Å². The maximum Gasteiger partial charge on any atom is 0.407 e. The third kappa shape index (κ3) is 5.59. The molecule has 1 amide bonds. The van der Waals surface area contributed by atoms with Gasteiger partial charge in [0.25, 0.3) is 0 Å². The van der Waals surface area contributed by atoms with Crippen molar-refractivity contribution in [3.05, 3.63) is 34.5 Å². The van der Waals surface area contributed by atoms with Crippen molar-refractivity contribution in [2.75, 3.05) is 18.7 Å². The number of carbonyl (C=O) groups excluding carboxylic acids is 1. The monoisotopic (exact) mass is 576 g/mol. The summed E-state index contributed by atoms with van der Waals surface area (Å²) in [4.78, 5) is 21.9. The zero-order chi connectivity index (χ0) is 29.2. The van der Waals surface area contributed by atoms with E-state index in [-0.39, 0.29) is 29.5 Å². The second-order valence-corrected chi connectivity index (χ2v) is 13.9. The number of anilines is 1. The summed E-state index contributed by atoms with van der Waals surface area (Å²) in [5.74, 6) is -1.87. The van der Waals surface area contributed by atoms with E-state index in [9.17, 15) is 4.79 Å². The van der Waals surface area contributed by atoms with E-state index in [4.69, 9.17) is 21.1 Å². The fraction of sp³-hybridized carbons (Fsp3) is 0.600. The predicted molar refractivity (Wildman–Crippen MR) is 154 cm³/mol. The number of carbonyl (C=O) groups is 1. The van der Waals surface area contributed by atoms with Crippen molar-refractivity contribution < 1.29 is 23.0 Å². The summed E-state index contributed by atoms with van der Waals surface area (Å²) in [7, 11) is 1.78. The second kappa shape index (κ2) is 10.0. The summed E-state index contributed by atoms with van der Waals surface area (Å²) in [6.07, 6.45) is 5.58. The predicted octanol–water partition coefficient (Wildman–Crippen LogP) is 7.80. The highest BCUT2D eigenvalue weighted by atomic mass is 35.5. The lowest BCUT2D eigenvalue weighted by molar-refractivity contribution is -0.000609. The molecule has 10 heteroatoms. The lowest BCUT2D eigenvalue weighted by Gasteiger charge is -2.31. The van der Waals surface area contributed by atoms with Gasteiger partial charge in [-0.05, 0) is 84.1 Å². The van der Waals surface area contributed by atoms with Crippen molar-refractivity contribution in [2.45, 2.75) is 96.8 Å². The van der Waals surface area contributed by atoms with Gasteiger partial charge in [-0.25, -0.2) is 18.6 Å². The lowest BCUT2D eigenvalue weighted by atomic mass is 9.75. The number of hydrogen-bond acceptors (Lipinski definition) is 5. The Morgan fingerprint density at radius 2 is 1.93 bits per heavy atom. The zero-order valence-corrected chi connectivity index (χ0v) is 25.1. The van der Waals surface area contributed by atoms with E-state index in [1.165, 1.54) is 6.07 Å². The molecule has 2 saturated carbocycles. The zero-order valence-electron chi connectivity index (χ0n) is 24.3. The van der Waals surface area contributed by atoms with Crippen LogP contribution in [0.15, 0.2) is 12.3 Å². The molecule has 2 N–H and O–H groups in total. The summed E-state index contributed by atoms with van der Waals surface area (Å²) in [5, 5.41) is 4.14. The van der Waals surface area contributed by atoms with Crippen LogP contribution in [-0.2, 0) is 9.47 Å². The first-order valence-corrected chi connectivity index (χ1v) is 14.3. The molecule has 3 atom stereocenters. The van der Waals surface area contributed by atoms with E-state index >= 15 is 8.78 Å². The summed E-state index contributed by atoms with van der Waals surface area (Å²) in [6, 6.07) is 1.20. The molecule has 5 rings (SSSR count). The second-order valence-electron chi connectivity index (χ2n) is 13.5. The molecule has 0 saturated heterocycles. The lowest BCUT2D eigenvalue weighted by Crippen LogP contribution is -2.36. The minimum Gasteiger partial charge on any atom is -0.444 e. The van der Waals surface area contributed by atoms with Crippen LogP contribution in [-0.4, -0.2) is 47.1 Å². The molecule has 0 radical (unpaired) electrons. The minimum atomic E-state index is -0.944. The Bertz CT molecular complexity index is 1460. The highest BCUT2D eigenvalue weighted by molar-refractivity contribution is 6.33. The number of ether oxygens (including phenoxy) is 2. The number of amides is 1. The fourth-order valence-electron chi connectivity index (χ4n) is 6.15. The number of nitrogens with zero attached hydrogens (tertiary/aromatic N) is 2. The number of fused-ring (bicyclic) bond motifs is 3. The Morgan fingerprint density at radius 3 is 2.60 bits per heavy atom. The van der Waals surface area contributed by atoms with Crippen LogP contribution in [0.5, 0.6) is 0 Å². The molecule has 3 aromatic rings. The molecule has 2 aliphatic carbocycles. The van der Waals surface area contributed by atoms with Crippen molar-refractivity contribution in [1.82, 2.24) is 15.3 Å². The van der Waals surface area contributed by atoms with Crippen molar-refractivity contribution >= 4 is 45.3 Å². The molecule has 2 heterocycles. The van der Waals surface area contributed by atoms with Gasteiger partial charge >= 0.3 is 6.09 Å². The first-order valence-electron chi connectivity index (χ1n) is 13.9. The number of halogens is 3. The Labute approximate surface area is 238 Å². The molecule has 218 valence electrons. The van der Waals surface area contributed by atoms with E-state index < -0.39 is 28.9 Å². The average Bonchev–Trinajstić information content (AvgIpc) is 3.30. The quantitative estimate of drug-likeness (QED) is 0.303. The Kier molecular flexibility index (Phi) is 7.23. The number of rotatable bonds is 5. The number of pyridine rings is 1. The molecule has 0 aliphatic heterocycles. The van der Waals surface area contributed by atoms with Crippen LogP contribution in [0, 0.1) is 17.0 Å². The van der Waals surface area contributed by atoms with Crippen molar-refractivity contribution in [1.29, 1.82) is 0 Å². The molecule has 0 bridgehead atoms. The van der Waals surface area contributed by atoms with Crippen LogP contribution in [0.25, 0.3) is 21.9 Å². The van der Waals surface area contributed by atoms with E-state index in [0.717, 1.165) is 37.7 Å². The smallest absolute Gasteiger partial charge is 0.407 e. The molecule has 7 nitrogen and oxygen atoms in total. The van der Waals surface area contributed by atoms with Crippen LogP contribution in [0.4, 0.5) is 19.3 Å². The molecule has 2 fully saturated rings. The summed E-state index contributed by atoms with van der Waals surface area (Å²) < 4.78 is 42.0. The van der Waals surface area contributed by atoms with Gasteiger partial charge in [-0.2, -0.15) is 0 Å². The van der Waals surface area contributed by atoms with Crippen molar-refractivity contribution in [3.8, 4) is 0 Å². The maximum absolute atomic E-state index is 15.6. The van der Waals surface area contributed by atoms with Gasteiger partial charge in [-0.1, -0.05) is 18.0 Å². The topological polar surface area (TPSA) is 79.5 Å². The largest absolute Gasteiger partial charge is 0.444 e. The Morgan fingerprint density at radius 1 is 1.20 bits per heavy atom. The average molecular weight is 577 g/mol. The minimum absolute atomic E-state index is 0.00394. The van der Waals surface area contributed by atoms with Crippen molar-refractivity contribution in [2.24, 2.45) is 5.41 Å². The first-order chi connectivity index (χ1) is 18.6. The Hall–Kier alpha value is -2.65. The van der Waals surface area contributed by atoms with Crippen molar-refractivity contribution in [3.63, 3.8) is 0 Å². The van der Waals surface area contributed by atoms with E-state index in [1.807, 2.05) is 41.5 Å². The SMILES string of the molecule is CN(COC(C)(C)C)c1cc(F)c(F)c2c1[nH]c1ncc(Cl)c(C3CCC[C@]4(C3)CC4NC(=O)OC(C)(C)C)c12. The fourth-order valence-corrected chi connectivity index (χ4v) is 6.45. The maximum atomic E-state index is 15.6. The number of aromatic amines is 1. The van der Waals surface area contributed by atoms with E-state index in [1.54, 1.807) is 18.1 Å². The normalized spacial score (nSPS) is 23.1. The molecule has 1 spiro atoms. The number of nitrogens with one attached hydrogen (secondary N) is 2. The van der Waals surface area contributed by atoms with Gasteiger partial charge in [0, 0.05) is 30.7 Å². The third-order valence-electron chi connectivity index (χ3n) is 8.03. The number of hydrogen-bond donors (Lipinski definition) is 2. The highest BCUT2D eigenvalue weighted by Crippen LogP contribution is 2.60. The van der Waals surface area contributed by atoms with Crippen LogP contribution in [0.2, 0.25) is 5.02 Å². The molecule has 2 aliphatic rings. The summed E-state index contributed by atoms with van der Waals surface area (Å²) >= 11 is 6.78. The van der Waals surface area contributed by atoms with Crippen LogP contribution in [0.3, 0.4) is 0 Å². The van der Waals surface area contributed by atoms with Gasteiger partial charge in [0.05, 0.1) is 27.2 Å². The highest BCUT2D eigenvalue weighted by Gasteiger charge is 2.57. The number of H-pyrrole nitrogens is 1. The molecule has 2 unspecified atom stereocenters. The number of aromatic nitrogens is 2. The van der Waals surface area contributed by atoms with Gasteiger partial charge < -0.3 is 24.7 Å². The van der Waals surface area contributed by atoms with Crippen LogP contribution < -0.4 is 10.2 Å². The third-order valence-corrected chi connectivity index (χ3v) is 8.34. The number of benzene rings is 1. The van der Waals surface area contributed by atoms with Gasteiger partial charge in [-0.15, -0.1) is 0 Å². The van der Waals surface area contributed by atoms with E-state index in [0.29, 0.717) is 27.3 Å². The molecular weight excluding hydrogens is 538 g/mol. The first kappa shape index (κ1) is 28.9. The molecular formula is C30H39ClF2N4O3. The van der Waals surface area contributed by atoms with E-state index in [2.05, 4.69) is 15.3 Å². The summed E-state index contributed by atoms with van der Waals surface area (Å²) in [6.45, 7) is 11.5. The molecule has 1 aromatic carbocycles. The number of alkyl carbamates (subject to hydrolysis) is 1. The standard InChI is InChI=1S/C30H39ClF2N4O3/c1-28(2,3)39-15-37(7)19-11-18(32)24(33)23-22-21(17(31)14-34-26(22)36-25(19)23)16-9-8-10-30(12-16)13-20(30)35-27(38)40-29(4,5)6/h11,14,16,20H,8-10,12-13,15H2,1-7H3,(H,34,36)(H,35,38)/t16?,20?,30-/m0/s1. The van der Waals surface area contributed by atoms with Crippen LogP contribution >= 0.6 is 11.6 Å². The van der Waals surface area contributed by atoms with Crippen LogP contribution in [0.1, 0.15) is 85.1 Å².